The molecule has 2 aromatic rings. The van der Waals surface area contributed by atoms with Gasteiger partial charge in [0.05, 0.1) is 11.3 Å². The number of nitrogens with zero attached hydrogens (tertiary/aromatic N) is 4. The van der Waals surface area contributed by atoms with Crippen LogP contribution in [0.2, 0.25) is 0 Å². The molecule has 2 unspecified atom stereocenters. The van der Waals surface area contributed by atoms with Crippen molar-refractivity contribution in [2.24, 2.45) is 5.92 Å². The Bertz CT molecular complexity index is 739. The average molecular weight is 382 g/mol. The Morgan fingerprint density at radius 1 is 1.36 bits per heavy atom. The molecule has 2 atom stereocenters. The molecule has 6 nitrogen and oxygen atoms in total. The number of carbonyl (C=O) groups excluding carboxylic acids is 1. The van der Waals surface area contributed by atoms with Crippen LogP contribution in [0, 0.1) is 5.92 Å². The lowest BCUT2D eigenvalue weighted by Gasteiger charge is -2.39. The van der Waals surface area contributed by atoms with Crippen LogP contribution >= 0.6 is 23.7 Å². The largest absolute Gasteiger partial charge is 0.355 e. The van der Waals surface area contributed by atoms with Gasteiger partial charge in [-0.15, -0.1) is 23.7 Å². The van der Waals surface area contributed by atoms with Crippen LogP contribution in [0.1, 0.15) is 19.8 Å². The van der Waals surface area contributed by atoms with Gasteiger partial charge in [-0.3, -0.25) is 4.79 Å². The first-order valence-electron chi connectivity index (χ1n) is 8.68. The van der Waals surface area contributed by atoms with E-state index in [-0.39, 0.29) is 24.4 Å². The second-order valence-electron chi connectivity index (χ2n) is 6.71. The monoisotopic (exact) mass is 381 g/mol. The van der Waals surface area contributed by atoms with Gasteiger partial charge in [-0.2, -0.15) is 0 Å². The molecule has 2 aliphatic rings. The van der Waals surface area contributed by atoms with E-state index in [4.69, 9.17) is 0 Å². The summed E-state index contributed by atoms with van der Waals surface area (Å²) >= 11 is 1.64. The summed E-state index contributed by atoms with van der Waals surface area (Å²) in [5, 5.41) is 6.51. The number of rotatable bonds is 2. The SMILES string of the molecule is CC1CNCCN1C(=O)C1CCCN(c2ncnc3sccc23)C1.Cl. The molecule has 1 N–H and O–H groups in total. The molecule has 136 valence electrons. The fraction of sp³-hybridized carbons (Fsp3) is 0.588. The maximum atomic E-state index is 13.0. The van der Waals surface area contributed by atoms with Crippen molar-refractivity contribution in [3.05, 3.63) is 17.8 Å². The number of hydrogen-bond donors (Lipinski definition) is 1. The normalized spacial score (nSPS) is 24.2. The van der Waals surface area contributed by atoms with Crippen molar-refractivity contribution in [3.8, 4) is 0 Å². The molecule has 8 heteroatoms. The first-order chi connectivity index (χ1) is 11.7. The molecule has 2 aliphatic heterocycles. The van der Waals surface area contributed by atoms with E-state index in [2.05, 4.69) is 43.5 Å². The Morgan fingerprint density at radius 3 is 3.08 bits per heavy atom. The van der Waals surface area contributed by atoms with Crippen LogP contribution in [-0.4, -0.2) is 59.5 Å². The number of thiophene rings is 1. The third-order valence-corrected chi connectivity index (χ3v) is 5.92. The summed E-state index contributed by atoms with van der Waals surface area (Å²) in [5.74, 6) is 1.36. The molecule has 2 saturated heterocycles. The predicted molar refractivity (Wildman–Crippen MR) is 104 cm³/mol. The molecule has 0 radical (unpaired) electrons. The number of piperidine rings is 1. The molecule has 0 aliphatic carbocycles. The van der Waals surface area contributed by atoms with E-state index in [0.717, 1.165) is 61.6 Å². The van der Waals surface area contributed by atoms with E-state index in [0.29, 0.717) is 5.91 Å². The maximum Gasteiger partial charge on any atom is 0.227 e. The lowest BCUT2D eigenvalue weighted by atomic mass is 9.95. The highest BCUT2D eigenvalue weighted by atomic mass is 35.5. The second-order valence-corrected chi connectivity index (χ2v) is 7.60. The van der Waals surface area contributed by atoms with Crippen molar-refractivity contribution < 1.29 is 4.79 Å². The fourth-order valence-electron chi connectivity index (χ4n) is 3.80. The summed E-state index contributed by atoms with van der Waals surface area (Å²) < 4.78 is 0. The summed E-state index contributed by atoms with van der Waals surface area (Å²) in [4.78, 5) is 27.2. The molecule has 0 spiro atoms. The molecule has 2 aromatic heterocycles. The van der Waals surface area contributed by atoms with Crippen LogP contribution < -0.4 is 10.2 Å². The first kappa shape index (κ1) is 18.4. The van der Waals surface area contributed by atoms with Crippen molar-refractivity contribution >= 4 is 45.7 Å². The van der Waals surface area contributed by atoms with Gasteiger partial charge in [0.15, 0.2) is 0 Å². The van der Waals surface area contributed by atoms with Gasteiger partial charge in [-0.25, -0.2) is 9.97 Å². The van der Waals surface area contributed by atoms with Crippen LogP contribution in [-0.2, 0) is 4.79 Å². The lowest BCUT2D eigenvalue weighted by Crippen LogP contribution is -2.55. The molecule has 2 fully saturated rings. The highest BCUT2D eigenvalue weighted by Gasteiger charge is 2.33. The van der Waals surface area contributed by atoms with E-state index in [1.54, 1.807) is 17.7 Å². The van der Waals surface area contributed by atoms with E-state index in [9.17, 15) is 4.79 Å². The Morgan fingerprint density at radius 2 is 2.24 bits per heavy atom. The lowest BCUT2D eigenvalue weighted by molar-refractivity contribution is -0.138. The highest BCUT2D eigenvalue weighted by Crippen LogP contribution is 2.30. The number of aromatic nitrogens is 2. The first-order valence-corrected chi connectivity index (χ1v) is 9.56. The van der Waals surface area contributed by atoms with E-state index in [1.165, 1.54) is 0 Å². The van der Waals surface area contributed by atoms with Crippen LogP contribution in [0.5, 0.6) is 0 Å². The van der Waals surface area contributed by atoms with Crippen molar-refractivity contribution in [1.82, 2.24) is 20.2 Å². The van der Waals surface area contributed by atoms with E-state index >= 15 is 0 Å². The topological polar surface area (TPSA) is 61.4 Å². The Balaban J connectivity index is 0.00000182. The molecule has 4 rings (SSSR count). The zero-order valence-corrected chi connectivity index (χ0v) is 16.0. The Labute approximate surface area is 158 Å². The zero-order valence-electron chi connectivity index (χ0n) is 14.4. The summed E-state index contributed by atoms with van der Waals surface area (Å²) in [6.45, 7) is 6.46. The van der Waals surface area contributed by atoms with Crippen LogP contribution in [0.25, 0.3) is 10.2 Å². The van der Waals surface area contributed by atoms with Crippen molar-refractivity contribution in [2.75, 3.05) is 37.6 Å². The van der Waals surface area contributed by atoms with Gasteiger partial charge in [-0.05, 0) is 31.2 Å². The zero-order chi connectivity index (χ0) is 16.5. The van der Waals surface area contributed by atoms with Gasteiger partial charge >= 0.3 is 0 Å². The highest BCUT2D eigenvalue weighted by molar-refractivity contribution is 7.16. The van der Waals surface area contributed by atoms with Gasteiger partial charge in [0.1, 0.15) is 17.0 Å². The molecule has 4 heterocycles. The molecule has 25 heavy (non-hydrogen) atoms. The molecular weight excluding hydrogens is 358 g/mol. The van der Waals surface area contributed by atoms with Crippen molar-refractivity contribution in [3.63, 3.8) is 0 Å². The van der Waals surface area contributed by atoms with Crippen molar-refractivity contribution in [1.29, 1.82) is 0 Å². The minimum atomic E-state index is 0. The average Bonchev–Trinajstić information content (AvgIpc) is 3.10. The van der Waals surface area contributed by atoms with E-state index in [1.807, 2.05) is 0 Å². The molecule has 0 saturated carbocycles. The molecule has 0 bridgehead atoms. The predicted octanol–water partition coefficient (Wildman–Crippen LogP) is 2.15. The summed E-state index contributed by atoms with van der Waals surface area (Å²) in [7, 11) is 0. The van der Waals surface area contributed by atoms with Gasteiger partial charge < -0.3 is 15.1 Å². The van der Waals surface area contributed by atoms with Gasteiger partial charge in [-0.1, -0.05) is 0 Å². The minimum Gasteiger partial charge on any atom is -0.355 e. The van der Waals surface area contributed by atoms with Crippen molar-refractivity contribution in [2.45, 2.75) is 25.8 Å². The second kappa shape index (κ2) is 7.85. The molecule has 1 amide bonds. The number of carbonyl (C=O) groups is 1. The van der Waals surface area contributed by atoms with Gasteiger partial charge in [0, 0.05) is 38.8 Å². The van der Waals surface area contributed by atoms with Crippen LogP contribution in [0.4, 0.5) is 5.82 Å². The Hall–Kier alpha value is -1.44. The van der Waals surface area contributed by atoms with Crippen LogP contribution in [0.3, 0.4) is 0 Å². The smallest absolute Gasteiger partial charge is 0.227 e. The number of anilines is 1. The third-order valence-electron chi connectivity index (χ3n) is 5.10. The third kappa shape index (κ3) is 3.59. The number of nitrogens with one attached hydrogen (secondary N) is 1. The molecule has 0 aromatic carbocycles. The van der Waals surface area contributed by atoms with Gasteiger partial charge in [0.25, 0.3) is 0 Å². The standard InChI is InChI=1S/C17H23N5OS.ClH/c1-12-9-18-5-7-22(12)17(23)13-3-2-6-21(10-13)15-14-4-8-24-16(14)20-11-19-15;/h4,8,11-13,18H,2-3,5-7,9-10H2,1H3;1H. The number of fused-ring (bicyclic) bond motifs is 1. The van der Waals surface area contributed by atoms with Gasteiger partial charge in [0.2, 0.25) is 5.91 Å². The quantitative estimate of drug-likeness (QED) is 0.863. The van der Waals surface area contributed by atoms with Crippen LogP contribution in [0.15, 0.2) is 17.8 Å². The Kier molecular flexibility index (Phi) is 5.76. The minimum absolute atomic E-state index is 0. The summed E-state index contributed by atoms with van der Waals surface area (Å²) in [6, 6.07) is 2.36. The summed E-state index contributed by atoms with van der Waals surface area (Å²) in [5.41, 5.74) is 0. The maximum absolute atomic E-state index is 13.0. The number of halogens is 1. The number of hydrogen-bond acceptors (Lipinski definition) is 6. The molecular formula is C17H24ClN5OS. The fourth-order valence-corrected chi connectivity index (χ4v) is 4.53. The number of piperazine rings is 1. The number of amides is 1. The summed E-state index contributed by atoms with van der Waals surface area (Å²) in [6.07, 6.45) is 3.65. The van der Waals surface area contributed by atoms with E-state index < -0.39 is 0 Å².